The first-order valence-corrected chi connectivity index (χ1v) is 5.54. The topological polar surface area (TPSA) is 55.8 Å². The van der Waals surface area contributed by atoms with E-state index in [9.17, 15) is 4.79 Å². The number of ether oxygens (including phenoxy) is 2. The van der Waals surface area contributed by atoms with Crippen molar-refractivity contribution in [2.45, 2.75) is 13.3 Å². The van der Waals surface area contributed by atoms with Gasteiger partial charge >= 0.3 is 5.97 Å². The Balaban J connectivity index is 2.35. The molecule has 0 amide bonds. The molecule has 1 aromatic rings. The monoisotopic (exact) mass is 234 g/mol. The highest BCUT2D eigenvalue weighted by Gasteiger charge is 2.13. The van der Waals surface area contributed by atoms with Gasteiger partial charge in [0.1, 0.15) is 13.2 Å². The molecule has 1 aliphatic heterocycles. The lowest BCUT2D eigenvalue weighted by Crippen LogP contribution is -2.15. The smallest absolute Gasteiger partial charge is 0.328 e. The number of allylic oxidation sites excluding steroid dienone is 1. The average Bonchev–Trinajstić information content (AvgIpc) is 2.35. The second-order valence-corrected chi connectivity index (χ2v) is 3.72. The molecule has 0 atom stereocenters. The lowest BCUT2D eigenvalue weighted by Gasteiger charge is -2.19. The van der Waals surface area contributed by atoms with Crippen molar-refractivity contribution in [3.8, 4) is 11.5 Å². The number of hydrogen-bond donors (Lipinski definition) is 1. The van der Waals surface area contributed by atoms with Crippen LogP contribution in [0.2, 0.25) is 0 Å². The van der Waals surface area contributed by atoms with Gasteiger partial charge in [-0.1, -0.05) is 13.0 Å². The van der Waals surface area contributed by atoms with E-state index >= 15 is 0 Å². The van der Waals surface area contributed by atoms with E-state index in [0.717, 1.165) is 11.1 Å². The Bertz CT molecular complexity index is 462. The van der Waals surface area contributed by atoms with Crippen LogP contribution in [0.15, 0.2) is 24.3 Å². The molecule has 0 aliphatic carbocycles. The maximum atomic E-state index is 10.7. The van der Waals surface area contributed by atoms with Crippen molar-refractivity contribution in [1.82, 2.24) is 0 Å². The molecule has 1 aliphatic rings. The van der Waals surface area contributed by atoms with Crippen molar-refractivity contribution < 1.29 is 19.4 Å². The minimum atomic E-state index is -0.934. The third-order valence-corrected chi connectivity index (χ3v) is 2.59. The summed E-state index contributed by atoms with van der Waals surface area (Å²) in [6.45, 7) is 3.00. The summed E-state index contributed by atoms with van der Waals surface area (Å²) >= 11 is 0. The van der Waals surface area contributed by atoms with Gasteiger partial charge in [0, 0.05) is 6.08 Å². The summed E-state index contributed by atoms with van der Waals surface area (Å²) in [6.07, 6.45) is 1.89. The van der Waals surface area contributed by atoms with Gasteiger partial charge in [-0.25, -0.2) is 4.79 Å². The van der Waals surface area contributed by atoms with Crippen LogP contribution in [0, 0.1) is 0 Å². The number of aliphatic carboxylic acids is 1. The summed E-state index contributed by atoms with van der Waals surface area (Å²) in [4.78, 5) is 10.7. The van der Waals surface area contributed by atoms with Crippen LogP contribution >= 0.6 is 0 Å². The van der Waals surface area contributed by atoms with Gasteiger partial charge in [0.2, 0.25) is 0 Å². The number of fused-ring (bicyclic) bond motifs is 1. The molecule has 17 heavy (non-hydrogen) atoms. The van der Waals surface area contributed by atoms with Crippen LogP contribution in [-0.2, 0) is 4.79 Å². The summed E-state index contributed by atoms with van der Waals surface area (Å²) < 4.78 is 10.9. The SMILES string of the molecule is CC/C(=C\C(=O)O)c1ccc2c(c1)OCCO2. The number of carbonyl (C=O) groups is 1. The standard InChI is InChI=1S/C13H14O4/c1-2-9(8-13(14)15)10-3-4-11-12(7-10)17-6-5-16-11/h3-4,7-8H,2,5-6H2,1H3,(H,14,15)/b9-8+. The molecule has 4 nitrogen and oxygen atoms in total. The van der Waals surface area contributed by atoms with Crippen molar-refractivity contribution in [2.75, 3.05) is 13.2 Å². The van der Waals surface area contributed by atoms with E-state index < -0.39 is 5.97 Å². The molecule has 0 radical (unpaired) electrons. The minimum absolute atomic E-state index is 0.528. The molecule has 0 fully saturated rings. The first-order valence-electron chi connectivity index (χ1n) is 5.54. The minimum Gasteiger partial charge on any atom is -0.486 e. The van der Waals surface area contributed by atoms with Crippen molar-refractivity contribution in [3.63, 3.8) is 0 Å². The number of carboxylic acid groups (broad SMARTS) is 1. The average molecular weight is 234 g/mol. The highest BCUT2D eigenvalue weighted by molar-refractivity contribution is 5.90. The van der Waals surface area contributed by atoms with Gasteiger partial charge in [-0.2, -0.15) is 0 Å². The summed E-state index contributed by atoms with van der Waals surface area (Å²) in [5, 5.41) is 8.78. The van der Waals surface area contributed by atoms with E-state index in [-0.39, 0.29) is 0 Å². The first kappa shape index (κ1) is 11.5. The molecule has 1 aromatic carbocycles. The molecule has 1 N–H and O–H groups in total. The van der Waals surface area contributed by atoms with Gasteiger partial charge in [-0.3, -0.25) is 0 Å². The summed E-state index contributed by atoms with van der Waals surface area (Å²) in [6, 6.07) is 5.49. The van der Waals surface area contributed by atoms with E-state index in [1.165, 1.54) is 6.08 Å². The lowest BCUT2D eigenvalue weighted by molar-refractivity contribution is -0.131. The Labute approximate surface area is 99.5 Å². The maximum absolute atomic E-state index is 10.7. The quantitative estimate of drug-likeness (QED) is 0.815. The predicted octanol–water partition coefficient (Wildman–Crippen LogP) is 2.34. The molecular formula is C13H14O4. The van der Waals surface area contributed by atoms with Gasteiger partial charge in [-0.15, -0.1) is 0 Å². The van der Waals surface area contributed by atoms with Crippen molar-refractivity contribution in [2.24, 2.45) is 0 Å². The molecular weight excluding hydrogens is 220 g/mol. The molecule has 0 aromatic heterocycles. The zero-order valence-electron chi connectivity index (χ0n) is 9.60. The molecule has 1 heterocycles. The predicted molar refractivity (Wildman–Crippen MR) is 63.3 cm³/mol. The van der Waals surface area contributed by atoms with Crippen LogP contribution in [0.5, 0.6) is 11.5 Å². The Morgan fingerprint density at radius 3 is 2.71 bits per heavy atom. The highest BCUT2D eigenvalue weighted by Crippen LogP contribution is 2.33. The van der Waals surface area contributed by atoms with Crippen LogP contribution in [-0.4, -0.2) is 24.3 Å². The number of hydrogen-bond acceptors (Lipinski definition) is 3. The van der Waals surface area contributed by atoms with Gasteiger partial charge in [0.15, 0.2) is 11.5 Å². The second kappa shape index (κ2) is 4.91. The molecule has 90 valence electrons. The zero-order valence-corrected chi connectivity index (χ0v) is 9.60. The summed E-state index contributed by atoms with van der Waals surface area (Å²) in [7, 11) is 0. The zero-order chi connectivity index (χ0) is 12.3. The van der Waals surface area contributed by atoms with Gasteiger partial charge in [0.05, 0.1) is 0 Å². The molecule has 0 saturated carbocycles. The van der Waals surface area contributed by atoms with Crippen LogP contribution in [0.4, 0.5) is 0 Å². The maximum Gasteiger partial charge on any atom is 0.328 e. The van der Waals surface area contributed by atoms with Crippen LogP contribution in [0.1, 0.15) is 18.9 Å². The third kappa shape index (κ3) is 2.58. The van der Waals surface area contributed by atoms with Crippen molar-refractivity contribution in [3.05, 3.63) is 29.8 Å². The summed E-state index contributed by atoms with van der Waals surface area (Å²) in [5.74, 6) is 0.459. The van der Waals surface area contributed by atoms with E-state index in [4.69, 9.17) is 14.6 Å². The largest absolute Gasteiger partial charge is 0.486 e. The fourth-order valence-electron chi connectivity index (χ4n) is 1.78. The Hall–Kier alpha value is -1.97. The van der Waals surface area contributed by atoms with Crippen LogP contribution in [0.25, 0.3) is 5.57 Å². The molecule has 4 heteroatoms. The van der Waals surface area contributed by atoms with E-state index in [2.05, 4.69) is 0 Å². The molecule has 0 saturated heterocycles. The van der Waals surface area contributed by atoms with E-state index in [0.29, 0.717) is 31.1 Å². The second-order valence-electron chi connectivity index (χ2n) is 3.72. The lowest BCUT2D eigenvalue weighted by atomic mass is 10.0. The van der Waals surface area contributed by atoms with E-state index in [1.807, 2.05) is 25.1 Å². The Morgan fingerprint density at radius 2 is 2.06 bits per heavy atom. The Morgan fingerprint density at radius 1 is 1.35 bits per heavy atom. The molecule has 0 bridgehead atoms. The normalized spacial score (nSPS) is 14.5. The highest BCUT2D eigenvalue weighted by atomic mass is 16.6. The number of benzene rings is 1. The van der Waals surface area contributed by atoms with Gasteiger partial charge < -0.3 is 14.6 Å². The molecule has 2 rings (SSSR count). The molecule has 0 spiro atoms. The van der Waals surface area contributed by atoms with E-state index in [1.54, 1.807) is 0 Å². The van der Waals surface area contributed by atoms with Crippen LogP contribution in [0.3, 0.4) is 0 Å². The van der Waals surface area contributed by atoms with Crippen molar-refractivity contribution >= 4 is 11.5 Å². The summed E-state index contributed by atoms with van der Waals surface area (Å²) in [5.41, 5.74) is 1.63. The number of carboxylic acids is 1. The fraction of sp³-hybridized carbons (Fsp3) is 0.308. The van der Waals surface area contributed by atoms with Gasteiger partial charge in [-0.05, 0) is 29.7 Å². The van der Waals surface area contributed by atoms with Gasteiger partial charge in [0.25, 0.3) is 0 Å². The Kier molecular flexibility index (Phi) is 3.32. The van der Waals surface area contributed by atoms with Crippen molar-refractivity contribution in [1.29, 1.82) is 0 Å². The first-order chi connectivity index (χ1) is 8.20. The fourth-order valence-corrected chi connectivity index (χ4v) is 1.78. The molecule has 0 unspecified atom stereocenters. The third-order valence-electron chi connectivity index (χ3n) is 2.59. The number of rotatable bonds is 3. The van der Waals surface area contributed by atoms with Crippen LogP contribution < -0.4 is 9.47 Å².